The molecule has 96 valence electrons. The third-order valence-electron chi connectivity index (χ3n) is 2.58. The van der Waals surface area contributed by atoms with E-state index < -0.39 is 0 Å². The molecule has 0 N–H and O–H groups in total. The van der Waals surface area contributed by atoms with Crippen molar-refractivity contribution in [3.63, 3.8) is 0 Å². The van der Waals surface area contributed by atoms with Crippen LogP contribution >= 0.6 is 0 Å². The van der Waals surface area contributed by atoms with E-state index in [0.717, 1.165) is 13.1 Å². The van der Waals surface area contributed by atoms with Crippen LogP contribution in [-0.2, 0) is 14.3 Å². The SMILES string of the molecule is CCN(CC(C)COC)C(=O)CC(C)OC. The molecule has 0 fully saturated rings. The third-order valence-corrected chi connectivity index (χ3v) is 2.58. The summed E-state index contributed by atoms with van der Waals surface area (Å²) in [5.41, 5.74) is 0. The first-order valence-corrected chi connectivity index (χ1v) is 5.84. The molecule has 2 atom stereocenters. The van der Waals surface area contributed by atoms with Gasteiger partial charge in [0, 0.05) is 27.3 Å². The first-order chi connectivity index (χ1) is 7.54. The van der Waals surface area contributed by atoms with E-state index in [0.29, 0.717) is 18.9 Å². The molecule has 4 heteroatoms. The molecule has 1 amide bonds. The summed E-state index contributed by atoms with van der Waals surface area (Å²) in [5, 5.41) is 0. The van der Waals surface area contributed by atoms with E-state index in [1.165, 1.54) is 0 Å². The third kappa shape index (κ3) is 6.08. The van der Waals surface area contributed by atoms with Crippen LogP contribution in [0.2, 0.25) is 0 Å². The Morgan fingerprint density at radius 2 is 1.94 bits per heavy atom. The lowest BCUT2D eigenvalue weighted by Gasteiger charge is -2.25. The average molecular weight is 231 g/mol. The summed E-state index contributed by atoms with van der Waals surface area (Å²) in [4.78, 5) is 13.7. The highest BCUT2D eigenvalue weighted by atomic mass is 16.5. The van der Waals surface area contributed by atoms with Crippen molar-refractivity contribution in [2.75, 3.05) is 33.9 Å². The normalized spacial score (nSPS) is 14.6. The molecule has 0 aliphatic heterocycles. The molecule has 0 aromatic rings. The molecule has 0 aliphatic carbocycles. The van der Waals surface area contributed by atoms with Crippen LogP contribution < -0.4 is 0 Å². The van der Waals surface area contributed by atoms with E-state index in [-0.39, 0.29) is 12.0 Å². The fraction of sp³-hybridized carbons (Fsp3) is 0.917. The van der Waals surface area contributed by atoms with E-state index >= 15 is 0 Å². The van der Waals surface area contributed by atoms with Crippen LogP contribution in [0, 0.1) is 5.92 Å². The molecule has 0 rings (SSSR count). The van der Waals surface area contributed by atoms with E-state index in [9.17, 15) is 4.79 Å². The fourth-order valence-electron chi connectivity index (χ4n) is 1.58. The zero-order chi connectivity index (χ0) is 12.6. The summed E-state index contributed by atoms with van der Waals surface area (Å²) in [5.74, 6) is 0.520. The molecule has 0 spiro atoms. The van der Waals surface area contributed by atoms with Crippen LogP contribution in [-0.4, -0.2) is 50.8 Å². The maximum atomic E-state index is 11.9. The smallest absolute Gasteiger partial charge is 0.225 e. The van der Waals surface area contributed by atoms with E-state index in [1.807, 2.05) is 18.7 Å². The number of ether oxygens (including phenoxy) is 2. The Balaban J connectivity index is 4.10. The first kappa shape index (κ1) is 15.4. The van der Waals surface area contributed by atoms with Gasteiger partial charge in [0.25, 0.3) is 0 Å². The minimum atomic E-state index is -0.0146. The van der Waals surface area contributed by atoms with Crippen LogP contribution in [0.5, 0.6) is 0 Å². The summed E-state index contributed by atoms with van der Waals surface area (Å²) in [6.07, 6.45) is 0.434. The van der Waals surface area contributed by atoms with Gasteiger partial charge < -0.3 is 14.4 Å². The lowest BCUT2D eigenvalue weighted by atomic mass is 10.1. The number of carbonyl (C=O) groups is 1. The van der Waals surface area contributed by atoms with Gasteiger partial charge in [-0.15, -0.1) is 0 Å². The Bertz CT molecular complexity index is 197. The highest BCUT2D eigenvalue weighted by molar-refractivity contribution is 5.76. The monoisotopic (exact) mass is 231 g/mol. The number of hydrogen-bond acceptors (Lipinski definition) is 3. The Kier molecular flexibility index (Phi) is 8.21. The number of amides is 1. The second-order valence-corrected chi connectivity index (χ2v) is 4.24. The van der Waals surface area contributed by atoms with Gasteiger partial charge in [-0.2, -0.15) is 0 Å². The largest absolute Gasteiger partial charge is 0.384 e. The lowest BCUT2D eigenvalue weighted by molar-refractivity contribution is -0.134. The molecule has 4 nitrogen and oxygen atoms in total. The van der Waals surface area contributed by atoms with Crippen molar-refractivity contribution >= 4 is 5.91 Å². The molecular formula is C12H25NO3. The van der Waals surface area contributed by atoms with Crippen molar-refractivity contribution in [2.45, 2.75) is 33.3 Å². The van der Waals surface area contributed by atoms with Crippen molar-refractivity contribution in [1.29, 1.82) is 0 Å². The van der Waals surface area contributed by atoms with Gasteiger partial charge in [-0.05, 0) is 19.8 Å². The minimum absolute atomic E-state index is 0.0146. The standard InChI is InChI=1S/C12H25NO3/c1-6-13(8-10(2)9-15-4)12(14)7-11(3)16-5/h10-11H,6-9H2,1-5H3. The molecule has 16 heavy (non-hydrogen) atoms. The maximum absolute atomic E-state index is 11.9. The minimum Gasteiger partial charge on any atom is -0.384 e. The number of nitrogens with zero attached hydrogens (tertiary/aromatic N) is 1. The Morgan fingerprint density at radius 1 is 1.31 bits per heavy atom. The number of methoxy groups -OCH3 is 2. The summed E-state index contributed by atoms with van der Waals surface area (Å²) in [6.45, 7) is 8.16. The molecule has 0 radical (unpaired) electrons. The number of hydrogen-bond donors (Lipinski definition) is 0. The molecule has 0 aromatic heterocycles. The van der Waals surface area contributed by atoms with Gasteiger partial charge in [0.2, 0.25) is 5.91 Å². The molecule has 0 aromatic carbocycles. The molecular weight excluding hydrogens is 206 g/mol. The molecule has 0 heterocycles. The Labute approximate surface area is 98.9 Å². The first-order valence-electron chi connectivity index (χ1n) is 5.84. The van der Waals surface area contributed by atoms with Gasteiger partial charge in [0.05, 0.1) is 19.1 Å². The molecule has 0 saturated heterocycles. The summed E-state index contributed by atoms with van der Waals surface area (Å²) >= 11 is 0. The van der Waals surface area contributed by atoms with Crippen molar-refractivity contribution < 1.29 is 14.3 Å². The van der Waals surface area contributed by atoms with Gasteiger partial charge in [-0.25, -0.2) is 0 Å². The van der Waals surface area contributed by atoms with Crippen molar-refractivity contribution in [3.05, 3.63) is 0 Å². The summed E-state index contributed by atoms with van der Waals surface area (Å²) in [7, 11) is 3.31. The Morgan fingerprint density at radius 3 is 2.38 bits per heavy atom. The van der Waals surface area contributed by atoms with Gasteiger partial charge in [0.15, 0.2) is 0 Å². The summed E-state index contributed by atoms with van der Waals surface area (Å²) < 4.78 is 10.2. The van der Waals surface area contributed by atoms with Gasteiger partial charge >= 0.3 is 0 Å². The summed E-state index contributed by atoms with van der Waals surface area (Å²) in [6, 6.07) is 0. The van der Waals surface area contributed by atoms with Crippen molar-refractivity contribution in [1.82, 2.24) is 4.90 Å². The topological polar surface area (TPSA) is 38.8 Å². The number of carbonyl (C=O) groups excluding carboxylic acids is 1. The maximum Gasteiger partial charge on any atom is 0.225 e. The average Bonchev–Trinajstić information content (AvgIpc) is 2.25. The quantitative estimate of drug-likeness (QED) is 0.636. The van der Waals surface area contributed by atoms with E-state index in [2.05, 4.69) is 6.92 Å². The highest BCUT2D eigenvalue weighted by Gasteiger charge is 2.17. The van der Waals surface area contributed by atoms with Crippen LogP contribution in [0.1, 0.15) is 27.2 Å². The van der Waals surface area contributed by atoms with Crippen LogP contribution in [0.3, 0.4) is 0 Å². The molecule has 0 saturated carbocycles. The zero-order valence-corrected chi connectivity index (χ0v) is 11.2. The number of rotatable bonds is 8. The van der Waals surface area contributed by atoms with Crippen LogP contribution in [0.4, 0.5) is 0 Å². The Hall–Kier alpha value is -0.610. The van der Waals surface area contributed by atoms with Crippen molar-refractivity contribution in [3.8, 4) is 0 Å². The predicted molar refractivity (Wildman–Crippen MR) is 64.4 cm³/mol. The van der Waals surface area contributed by atoms with E-state index in [4.69, 9.17) is 9.47 Å². The molecule has 2 unspecified atom stereocenters. The van der Waals surface area contributed by atoms with Gasteiger partial charge in [0.1, 0.15) is 0 Å². The second-order valence-electron chi connectivity index (χ2n) is 4.24. The highest BCUT2D eigenvalue weighted by Crippen LogP contribution is 2.05. The fourth-order valence-corrected chi connectivity index (χ4v) is 1.58. The lowest BCUT2D eigenvalue weighted by Crippen LogP contribution is -2.37. The van der Waals surface area contributed by atoms with Crippen molar-refractivity contribution in [2.24, 2.45) is 5.92 Å². The van der Waals surface area contributed by atoms with Gasteiger partial charge in [-0.3, -0.25) is 4.79 Å². The second kappa shape index (κ2) is 8.53. The van der Waals surface area contributed by atoms with Crippen LogP contribution in [0.15, 0.2) is 0 Å². The predicted octanol–water partition coefficient (Wildman–Crippen LogP) is 1.54. The van der Waals surface area contributed by atoms with Crippen LogP contribution in [0.25, 0.3) is 0 Å². The van der Waals surface area contributed by atoms with Gasteiger partial charge in [-0.1, -0.05) is 6.92 Å². The molecule has 0 bridgehead atoms. The molecule has 0 aliphatic rings. The van der Waals surface area contributed by atoms with E-state index in [1.54, 1.807) is 14.2 Å². The zero-order valence-electron chi connectivity index (χ0n) is 11.2.